The zero-order chi connectivity index (χ0) is 15.7. The van der Waals surface area contributed by atoms with Crippen LogP contribution in [0.4, 0.5) is 0 Å². The maximum atomic E-state index is 4.68. The first-order valence-electron chi connectivity index (χ1n) is 8.69. The molecular weight excluding hydrogens is 387 g/mol. The van der Waals surface area contributed by atoms with E-state index in [-0.39, 0.29) is 29.5 Å². The lowest BCUT2D eigenvalue weighted by atomic mass is 9.94. The van der Waals surface area contributed by atoms with E-state index in [2.05, 4.69) is 55.3 Å². The molecule has 0 saturated heterocycles. The lowest BCUT2D eigenvalue weighted by Crippen LogP contribution is -2.47. The second-order valence-electron chi connectivity index (χ2n) is 7.26. The van der Waals surface area contributed by atoms with Crippen LogP contribution in [0.5, 0.6) is 0 Å². The first-order valence-corrected chi connectivity index (χ1v) is 8.69. The van der Waals surface area contributed by atoms with Crippen molar-refractivity contribution < 1.29 is 0 Å². The smallest absolute Gasteiger partial charge is 0.191 e. The number of aliphatic imine (C=N–C) groups is 1. The highest BCUT2D eigenvalue weighted by Crippen LogP contribution is 2.21. The third-order valence-electron chi connectivity index (χ3n) is 3.97. The average molecular weight is 424 g/mol. The van der Waals surface area contributed by atoms with E-state index in [0.29, 0.717) is 0 Å². The van der Waals surface area contributed by atoms with Crippen molar-refractivity contribution in [1.29, 1.82) is 0 Å². The van der Waals surface area contributed by atoms with Gasteiger partial charge < -0.3 is 15.5 Å². The van der Waals surface area contributed by atoms with Crippen LogP contribution in [0.15, 0.2) is 4.99 Å². The topological polar surface area (TPSA) is 39.7 Å². The summed E-state index contributed by atoms with van der Waals surface area (Å²) in [6.45, 7) is 11.6. The molecule has 22 heavy (non-hydrogen) atoms. The van der Waals surface area contributed by atoms with Gasteiger partial charge in [-0.15, -0.1) is 24.0 Å². The Balaban J connectivity index is 0.00000441. The van der Waals surface area contributed by atoms with Crippen molar-refractivity contribution >= 4 is 29.9 Å². The summed E-state index contributed by atoms with van der Waals surface area (Å²) in [7, 11) is 2.28. The van der Waals surface area contributed by atoms with Crippen LogP contribution in [0.3, 0.4) is 0 Å². The summed E-state index contributed by atoms with van der Waals surface area (Å²) in [5.74, 6) is 0.935. The Morgan fingerprint density at radius 3 is 2.36 bits per heavy atom. The van der Waals surface area contributed by atoms with Crippen LogP contribution in [0.1, 0.15) is 66.2 Å². The minimum Gasteiger partial charge on any atom is -0.357 e. The third-order valence-corrected chi connectivity index (χ3v) is 3.97. The molecule has 0 unspecified atom stereocenters. The van der Waals surface area contributed by atoms with Gasteiger partial charge in [-0.3, -0.25) is 4.99 Å². The molecule has 0 aromatic heterocycles. The Hall–Kier alpha value is -0.0400. The monoisotopic (exact) mass is 424 g/mol. The fourth-order valence-electron chi connectivity index (χ4n) is 2.88. The zero-order valence-electron chi connectivity index (χ0n) is 15.2. The van der Waals surface area contributed by atoms with Crippen LogP contribution < -0.4 is 10.6 Å². The Kier molecular flexibility index (Phi) is 11.5. The second kappa shape index (κ2) is 11.5. The lowest BCUT2D eigenvalue weighted by molar-refractivity contribution is 0.191. The number of halogens is 1. The van der Waals surface area contributed by atoms with E-state index in [1.165, 1.54) is 32.1 Å². The van der Waals surface area contributed by atoms with Gasteiger partial charge in [0.05, 0.1) is 0 Å². The summed E-state index contributed by atoms with van der Waals surface area (Å²) >= 11 is 0. The third kappa shape index (κ3) is 9.87. The molecule has 0 atom stereocenters. The van der Waals surface area contributed by atoms with E-state index < -0.39 is 0 Å². The molecule has 4 nitrogen and oxygen atoms in total. The molecule has 1 aliphatic carbocycles. The van der Waals surface area contributed by atoms with Gasteiger partial charge in [-0.1, -0.05) is 19.3 Å². The number of nitrogens with zero attached hydrogens (tertiary/aromatic N) is 2. The zero-order valence-corrected chi connectivity index (χ0v) is 17.6. The van der Waals surface area contributed by atoms with Crippen molar-refractivity contribution in [2.75, 3.05) is 26.7 Å². The van der Waals surface area contributed by atoms with Crippen molar-refractivity contribution in [1.82, 2.24) is 15.5 Å². The summed E-state index contributed by atoms with van der Waals surface area (Å²) in [6.07, 6.45) is 8.15. The fourth-order valence-corrected chi connectivity index (χ4v) is 2.88. The molecule has 1 fully saturated rings. The molecule has 0 radical (unpaired) electrons. The van der Waals surface area contributed by atoms with Gasteiger partial charge in [-0.2, -0.15) is 0 Å². The summed E-state index contributed by atoms with van der Waals surface area (Å²) in [6, 6.07) is 0.809. The Labute approximate surface area is 154 Å². The van der Waals surface area contributed by atoms with Crippen LogP contribution in [0, 0.1) is 0 Å². The van der Waals surface area contributed by atoms with Crippen LogP contribution in [-0.4, -0.2) is 49.1 Å². The van der Waals surface area contributed by atoms with Gasteiger partial charge in [0, 0.05) is 24.7 Å². The SMILES string of the molecule is CCNC(=NCCCN(C)C1CCCCC1)NC(C)(C)C.I. The van der Waals surface area contributed by atoms with Crippen LogP contribution in [0.2, 0.25) is 0 Å². The van der Waals surface area contributed by atoms with Gasteiger partial charge in [-0.05, 0) is 60.5 Å². The Morgan fingerprint density at radius 2 is 1.82 bits per heavy atom. The van der Waals surface area contributed by atoms with Crippen molar-refractivity contribution in [3.8, 4) is 0 Å². The van der Waals surface area contributed by atoms with Crippen molar-refractivity contribution in [2.24, 2.45) is 4.99 Å². The molecular formula is C17H37IN4. The minimum atomic E-state index is 0. The number of hydrogen-bond donors (Lipinski definition) is 2. The van der Waals surface area contributed by atoms with Gasteiger partial charge in [0.1, 0.15) is 0 Å². The van der Waals surface area contributed by atoms with Crippen molar-refractivity contribution in [3.63, 3.8) is 0 Å². The molecule has 1 aliphatic rings. The molecule has 0 aromatic rings. The van der Waals surface area contributed by atoms with Crippen LogP contribution >= 0.6 is 24.0 Å². The highest BCUT2D eigenvalue weighted by Gasteiger charge is 2.17. The Bertz CT molecular complexity index is 306. The van der Waals surface area contributed by atoms with Crippen molar-refractivity contribution in [3.05, 3.63) is 0 Å². The van der Waals surface area contributed by atoms with Crippen LogP contribution in [0.25, 0.3) is 0 Å². The first kappa shape index (κ1) is 22.0. The van der Waals surface area contributed by atoms with Gasteiger partial charge >= 0.3 is 0 Å². The summed E-state index contributed by atoms with van der Waals surface area (Å²) in [5.41, 5.74) is 0.0554. The second-order valence-corrected chi connectivity index (χ2v) is 7.26. The van der Waals surface area contributed by atoms with E-state index in [1.54, 1.807) is 0 Å². The van der Waals surface area contributed by atoms with Gasteiger partial charge in [0.25, 0.3) is 0 Å². The number of rotatable bonds is 6. The summed E-state index contributed by atoms with van der Waals surface area (Å²) in [4.78, 5) is 7.22. The molecule has 2 N–H and O–H groups in total. The number of guanidine groups is 1. The molecule has 0 aromatic carbocycles. The van der Waals surface area contributed by atoms with E-state index in [0.717, 1.165) is 38.1 Å². The van der Waals surface area contributed by atoms with Crippen molar-refractivity contribution in [2.45, 2.75) is 77.8 Å². The summed E-state index contributed by atoms with van der Waals surface area (Å²) < 4.78 is 0. The first-order chi connectivity index (χ1) is 9.92. The van der Waals surface area contributed by atoms with Gasteiger partial charge in [0.15, 0.2) is 5.96 Å². The molecule has 0 aliphatic heterocycles. The normalized spacial score (nSPS) is 17.3. The average Bonchev–Trinajstić information content (AvgIpc) is 2.43. The molecule has 5 heteroatoms. The molecule has 1 rings (SSSR count). The summed E-state index contributed by atoms with van der Waals surface area (Å²) in [5, 5.41) is 6.75. The molecule has 0 spiro atoms. The van der Waals surface area contributed by atoms with Gasteiger partial charge in [-0.25, -0.2) is 0 Å². The molecule has 1 saturated carbocycles. The Morgan fingerprint density at radius 1 is 1.18 bits per heavy atom. The van der Waals surface area contributed by atoms with E-state index in [9.17, 15) is 0 Å². The molecule has 0 bridgehead atoms. The minimum absolute atomic E-state index is 0. The highest BCUT2D eigenvalue weighted by molar-refractivity contribution is 14.0. The van der Waals surface area contributed by atoms with E-state index in [4.69, 9.17) is 0 Å². The lowest BCUT2D eigenvalue weighted by Gasteiger charge is -2.31. The number of nitrogens with one attached hydrogen (secondary N) is 2. The molecule has 0 amide bonds. The maximum Gasteiger partial charge on any atom is 0.191 e. The predicted octanol–water partition coefficient (Wildman–Crippen LogP) is 3.61. The van der Waals surface area contributed by atoms with E-state index >= 15 is 0 Å². The maximum absolute atomic E-state index is 4.68. The van der Waals surface area contributed by atoms with E-state index in [1.807, 2.05) is 0 Å². The van der Waals surface area contributed by atoms with Gasteiger partial charge in [0.2, 0.25) is 0 Å². The number of hydrogen-bond acceptors (Lipinski definition) is 2. The highest BCUT2D eigenvalue weighted by atomic mass is 127. The largest absolute Gasteiger partial charge is 0.357 e. The standard InChI is InChI=1S/C17H36N4.HI/c1-6-18-16(20-17(2,3)4)19-13-10-14-21(5)15-11-8-7-9-12-15;/h15H,6-14H2,1-5H3,(H2,18,19,20);1H. The molecule has 132 valence electrons. The quantitative estimate of drug-likeness (QED) is 0.296. The predicted molar refractivity (Wildman–Crippen MR) is 108 cm³/mol. The fraction of sp³-hybridized carbons (Fsp3) is 0.941. The van der Waals surface area contributed by atoms with Crippen LogP contribution in [-0.2, 0) is 0 Å². The molecule has 0 heterocycles.